The topological polar surface area (TPSA) is 42.4 Å². The lowest BCUT2D eigenvalue weighted by Gasteiger charge is -2.37. The lowest BCUT2D eigenvalue weighted by Crippen LogP contribution is -2.51. The predicted molar refractivity (Wildman–Crippen MR) is 88.6 cm³/mol. The first-order valence-corrected chi connectivity index (χ1v) is 9.37. The maximum absolute atomic E-state index is 13.0. The molecule has 0 bridgehead atoms. The van der Waals surface area contributed by atoms with Crippen molar-refractivity contribution in [3.8, 4) is 9.88 Å². The molecule has 6 heteroatoms. The van der Waals surface area contributed by atoms with E-state index in [9.17, 15) is 4.79 Å². The van der Waals surface area contributed by atoms with E-state index in [-0.39, 0.29) is 18.1 Å². The van der Waals surface area contributed by atoms with Crippen LogP contribution in [0.15, 0.2) is 17.5 Å². The Labute approximate surface area is 137 Å². The van der Waals surface area contributed by atoms with Gasteiger partial charge in [0.1, 0.15) is 9.88 Å². The van der Waals surface area contributed by atoms with Crippen LogP contribution in [0, 0.1) is 6.92 Å². The van der Waals surface area contributed by atoms with Gasteiger partial charge in [0.15, 0.2) is 0 Å². The van der Waals surface area contributed by atoms with E-state index in [1.807, 2.05) is 23.3 Å². The van der Waals surface area contributed by atoms with Gasteiger partial charge in [-0.25, -0.2) is 4.98 Å². The van der Waals surface area contributed by atoms with E-state index in [0.717, 1.165) is 39.7 Å². The number of carbonyl (C=O) groups is 1. The average Bonchev–Trinajstić information content (AvgIpc) is 3.25. The maximum atomic E-state index is 13.0. The minimum atomic E-state index is 0.137. The molecular formula is C16H18N2O2S2. The SMILES string of the molecule is Cc1nc(-c2cccs2)sc1C(=O)N1CCO[C@@H]2CCC[C@H]21. The molecule has 4 nitrogen and oxygen atoms in total. The van der Waals surface area contributed by atoms with E-state index in [1.54, 1.807) is 11.3 Å². The number of thiophene rings is 1. The summed E-state index contributed by atoms with van der Waals surface area (Å²) in [5.41, 5.74) is 0.847. The summed E-state index contributed by atoms with van der Waals surface area (Å²) in [6.45, 7) is 3.29. The monoisotopic (exact) mass is 334 g/mol. The van der Waals surface area contributed by atoms with Crippen molar-refractivity contribution in [3.05, 3.63) is 28.1 Å². The number of aryl methyl sites for hydroxylation is 1. The molecule has 2 aromatic heterocycles. The Bertz CT molecular complexity index is 680. The van der Waals surface area contributed by atoms with Crippen molar-refractivity contribution in [2.45, 2.75) is 38.3 Å². The van der Waals surface area contributed by atoms with Crippen molar-refractivity contribution in [1.29, 1.82) is 0 Å². The minimum absolute atomic E-state index is 0.137. The van der Waals surface area contributed by atoms with E-state index >= 15 is 0 Å². The highest BCUT2D eigenvalue weighted by atomic mass is 32.1. The standard InChI is InChI=1S/C16H18N2O2S2/c1-10-14(22-15(17-10)13-6-3-9-21-13)16(19)18-7-8-20-12-5-2-4-11(12)18/h3,6,9,11-12H,2,4-5,7-8H2,1H3/t11-,12-/m1/s1. The van der Waals surface area contributed by atoms with Crippen LogP contribution in [0.2, 0.25) is 0 Å². The molecule has 3 heterocycles. The van der Waals surface area contributed by atoms with Crippen LogP contribution in [-0.2, 0) is 4.74 Å². The summed E-state index contributed by atoms with van der Waals surface area (Å²) in [6, 6.07) is 4.33. The molecule has 4 rings (SSSR count). The molecule has 22 heavy (non-hydrogen) atoms. The Morgan fingerprint density at radius 2 is 2.36 bits per heavy atom. The molecule has 2 atom stereocenters. The number of nitrogens with zero attached hydrogens (tertiary/aromatic N) is 2. The first-order valence-electron chi connectivity index (χ1n) is 7.68. The molecule has 1 amide bonds. The highest BCUT2D eigenvalue weighted by Gasteiger charge is 2.39. The van der Waals surface area contributed by atoms with Gasteiger partial charge in [-0.3, -0.25) is 4.79 Å². The normalized spacial score (nSPS) is 24.5. The number of carbonyl (C=O) groups excluding carboxylic acids is 1. The number of hydrogen-bond acceptors (Lipinski definition) is 5. The molecule has 1 saturated heterocycles. The first kappa shape index (κ1) is 14.4. The number of aromatic nitrogens is 1. The lowest BCUT2D eigenvalue weighted by atomic mass is 10.1. The smallest absolute Gasteiger partial charge is 0.266 e. The van der Waals surface area contributed by atoms with Crippen LogP contribution >= 0.6 is 22.7 Å². The van der Waals surface area contributed by atoms with Crippen LogP contribution in [0.5, 0.6) is 0 Å². The molecule has 0 aromatic carbocycles. The first-order chi connectivity index (χ1) is 10.7. The molecule has 0 radical (unpaired) electrons. The zero-order valence-electron chi connectivity index (χ0n) is 12.4. The lowest BCUT2D eigenvalue weighted by molar-refractivity contribution is -0.0444. The number of morpholine rings is 1. The molecule has 2 aliphatic rings. The number of amides is 1. The Hall–Kier alpha value is -1.24. The summed E-state index contributed by atoms with van der Waals surface area (Å²) in [4.78, 5) is 21.5. The van der Waals surface area contributed by atoms with E-state index in [4.69, 9.17) is 4.74 Å². The van der Waals surface area contributed by atoms with Gasteiger partial charge in [-0.05, 0) is 37.6 Å². The quantitative estimate of drug-likeness (QED) is 0.843. The number of ether oxygens (including phenoxy) is 1. The van der Waals surface area contributed by atoms with Crippen molar-refractivity contribution in [2.24, 2.45) is 0 Å². The van der Waals surface area contributed by atoms with Gasteiger partial charge in [-0.15, -0.1) is 22.7 Å². The fourth-order valence-electron chi connectivity index (χ4n) is 3.41. The zero-order valence-corrected chi connectivity index (χ0v) is 14.1. The van der Waals surface area contributed by atoms with Crippen molar-refractivity contribution in [3.63, 3.8) is 0 Å². The Morgan fingerprint density at radius 3 is 3.18 bits per heavy atom. The Morgan fingerprint density at radius 1 is 1.45 bits per heavy atom. The number of rotatable bonds is 2. The highest BCUT2D eigenvalue weighted by molar-refractivity contribution is 7.22. The molecule has 1 saturated carbocycles. The van der Waals surface area contributed by atoms with Gasteiger partial charge >= 0.3 is 0 Å². The third-order valence-electron chi connectivity index (χ3n) is 4.47. The van der Waals surface area contributed by atoms with Crippen molar-refractivity contribution >= 4 is 28.6 Å². The van der Waals surface area contributed by atoms with Crippen molar-refractivity contribution in [1.82, 2.24) is 9.88 Å². The van der Waals surface area contributed by atoms with Crippen LogP contribution in [0.1, 0.15) is 34.6 Å². The van der Waals surface area contributed by atoms with Crippen LogP contribution in [-0.4, -0.2) is 41.1 Å². The van der Waals surface area contributed by atoms with Gasteiger partial charge in [0.05, 0.1) is 29.3 Å². The minimum Gasteiger partial charge on any atom is -0.374 e. The Kier molecular flexibility index (Phi) is 3.76. The Balaban J connectivity index is 1.62. The van der Waals surface area contributed by atoms with Gasteiger partial charge in [-0.1, -0.05) is 6.07 Å². The largest absolute Gasteiger partial charge is 0.374 e. The summed E-state index contributed by atoms with van der Waals surface area (Å²) in [5.74, 6) is 0.137. The molecule has 1 aliphatic heterocycles. The number of thiazole rings is 1. The zero-order chi connectivity index (χ0) is 15.1. The van der Waals surface area contributed by atoms with Gasteiger partial charge in [0.25, 0.3) is 5.91 Å². The number of fused-ring (bicyclic) bond motifs is 1. The molecule has 1 aliphatic carbocycles. The summed E-state index contributed by atoms with van der Waals surface area (Å²) < 4.78 is 5.81. The second-order valence-electron chi connectivity index (χ2n) is 5.82. The van der Waals surface area contributed by atoms with E-state index < -0.39 is 0 Å². The average molecular weight is 334 g/mol. The predicted octanol–water partition coefficient (Wildman–Crippen LogP) is 3.57. The molecule has 0 unspecified atom stereocenters. The second-order valence-corrected chi connectivity index (χ2v) is 7.76. The summed E-state index contributed by atoms with van der Waals surface area (Å²) in [5, 5.41) is 2.99. The van der Waals surface area contributed by atoms with Gasteiger partial charge in [-0.2, -0.15) is 0 Å². The van der Waals surface area contributed by atoms with Crippen LogP contribution in [0.3, 0.4) is 0 Å². The molecule has 2 aromatic rings. The fourth-order valence-corrected chi connectivity index (χ4v) is 5.23. The van der Waals surface area contributed by atoms with E-state index in [0.29, 0.717) is 13.2 Å². The fraction of sp³-hybridized carbons (Fsp3) is 0.500. The third kappa shape index (κ3) is 2.39. The molecule has 0 N–H and O–H groups in total. The van der Waals surface area contributed by atoms with E-state index in [1.165, 1.54) is 11.3 Å². The molecule has 0 spiro atoms. The molecule has 116 valence electrons. The van der Waals surface area contributed by atoms with Gasteiger partial charge in [0.2, 0.25) is 0 Å². The highest BCUT2D eigenvalue weighted by Crippen LogP contribution is 2.35. The molecule has 2 fully saturated rings. The molecular weight excluding hydrogens is 316 g/mol. The summed E-state index contributed by atoms with van der Waals surface area (Å²) >= 11 is 3.18. The van der Waals surface area contributed by atoms with Gasteiger partial charge in [0, 0.05) is 6.54 Å². The maximum Gasteiger partial charge on any atom is 0.266 e. The number of hydrogen-bond donors (Lipinski definition) is 0. The third-order valence-corrected chi connectivity index (χ3v) is 6.65. The van der Waals surface area contributed by atoms with Crippen LogP contribution in [0.25, 0.3) is 9.88 Å². The van der Waals surface area contributed by atoms with Gasteiger partial charge < -0.3 is 9.64 Å². The van der Waals surface area contributed by atoms with Crippen molar-refractivity contribution in [2.75, 3.05) is 13.2 Å². The van der Waals surface area contributed by atoms with E-state index in [2.05, 4.69) is 11.1 Å². The summed E-state index contributed by atoms with van der Waals surface area (Å²) in [6.07, 6.45) is 3.53. The summed E-state index contributed by atoms with van der Waals surface area (Å²) in [7, 11) is 0. The van der Waals surface area contributed by atoms with Crippen LogP contribution < -0.4 is 0 Å². The van der Waals surface area contributed by atoms with Crippen molar-refractivity contribution < 1.29 is 9.53 Å². The van der Waals surface area contributed by atoms with Crippen LogP contribution in [0.4, 0.5) is 0 Å². The second kappa shape index (κ2) is 5.76.